The van der Waals surface area contributed by atoms with Crippen molar-refractivity contribution in [1.82, 2.24) is 9.88 Å². The van der Waals surface area contributed by atoms with Gasteiger partial charge in [-0.05, 0) is 37.5 Å². The Kier molecular flexibility index (Phi) is 4.09. The lowest BCUT2D eigenvalue weighted by atomic mass is 10.0. The minimum absolute atomic E-state index is 0.0438. The first-order chi connectivity index (χ1) is 10.6. The van der Waals surface area contributed by atoms with Gasteiger partial charge < -0.3 is 9.32 Å². The van der Waals surface area contributed by atoms with Crippen molar-refractivity contribution >= 4 is 22.8 Å². The molecule has 116 valence electrons. The number of piperidine rings is 1. The van der Waals surface area contributed by atoms with Crippen LogP contribution in [0.3, 0.4) is 0 Å². The number of aromatic amines is 1. The molecule has 0 radical (unpaired) electrons. The van der Waals surface area contributed by atoms with Crippen LogP contribution < -0.4 is 5.76 Å². The molecule has 3 rings (SSSR count). The molecule has 1 saturated heterocycles. The number of oxazole rings is 1. The van der Waals surface area contributed by atoms with Crippen LogP contribution in [0.25, 0.3) is 11.1 Å². The maximum Gasteiger partial charge on any atom is 0.417 e. The summed E-state index contributed by atoms with van der Waals surface area (Å²) in [4.78, 5) is 39.7. The van der Waals surface area contributed by atoms with Crippen molar-refractivity contribution in [2.75, 3.05) is 13.1 Å². The van der Waals surface area contributed by atoms with Crippen LogP contribution in [-0.2, 0) is 4.79 Å². The zero-order valence-corrected chi connectivity index (χ0v) is 12.3. The average molecular weight is 302 g/mol. The molecule has 1 aliphatic heterocycles. The highest BCUT2D eigenvalue weighted by atomic mass is 16.4. The van der Waals surface area contributed by atoms with Gasteiger partial charge in [-0.15, -0.1) is 0 Å². The smallest absolute Gasteiger partial charge is 0.408 e. The number of hydrogen-bond donors (Lipinski definition) is 1. The highest BCUT2D eigenvalue weighted by molar-refractivity contribution is 6.00. The zero-order valence-electron chi connectivity index (χ0n) is 12.3. The second kappa shape index (κ2) is 6.17. The largest absolute Gasteiger partial charge is 0.417 e. The van der Waals surface area contributed by atoms with Gasteiger partial charge in [0.1, 0.15) is 0 Å². The summed E-state index contributed by atoms with van der Waals surface area (Å²) in [5, 5.41) is 0. The van der Waals surface area contributed by atoms with E-state index in [0.29, 0.717) is 16.7 Å². The fraction of sp³-hybridized carbons (Fsp3) is 0.438. The predicted octanol–water partition coefficient (Wildman–Crippen LogP) is 2.10. The Labute approximate surface area is 127 Å². The van der Waals surface area contributed by atoms with Gasteiger partial charge in [0.2, 0.25) is 5.91 Å². The maximum atomic E-state index is 12.2. The Morgan fingerprint density at radius 1 is 1.14 bits per heavy atom. The van der Waals surface area contributed by atoms with E-state index in [9.17, 15) is 14.4 Å². The summed E-state index contributed by atoms with van der Waals surface area (Å²) < 4.78 is 4.94. The minimum atomic E-state index is -0.542. The first kappa shape index (κ1) is 14.6. The van der Waals surface area contributed by atoms with Gasteiger partial charge in [-0.2, -0.15) is 0 Å². The molecule has 1 fully saturated rings. The van der Waals surface area contributed by atoms with E-state index in [2.05, 4.69) is 4.98 Å². The Morgan fingerprint density at radius 3 is 2.68 bits per heavy atom. The van der Waals surface area contributed by atoms with Crippen molar-refractivity contribution < 1.29 is 14.0 Å². The van der Waals surface area contributed by atoms with E-state index < -0.39 is 5.76 Å². The molecule has 1 N–H and O–H groups in total. The normalized spacial score (nSPS) is 15.2. The van der Waals surface area contributed by atoms with Gasteiger partial charge in [0.15, 0.2) is 11.4 Å². The molecule has 0 aliphatic carbocycles. The molecule has 0 bridgehead atoms. The monoisotopic (exact) mass is 302 g/mol. The fourth-order valence-electron chi connectivity index (χ4n) is 2.79. The standard InChI is InChI=1S/C16H18N2O4/c19-13(6-7-15(20)18-8-2-1-3-9-18)11-4-5-12-14(10-11)22-16(21)17-12/h4-5,10H,1-3,6-9H2,(H,17,21). The molecule has 22 heavy (non-hydrogen) atoms. The summed E-state index contributed by atoms with van der Waals surface area (Å²) in [5.41, 5.74) is 1.38. The van der Waals surface area contributed by atoms with E-state index in [0.717, 1.165) is 25.9 Å². The first-order valence-electron chi connectivity index (χ1n) is 7.57. The van der Waals surface area contributed by atoms with Crippen LogP contribution in [0.5, 0.6) is 0 Å². The van der Waals surface area contributed by atoms with Crippen molar-refractivity contribution in [1.29, 1.82) is 0 Å². The number of carbonyl (C=O) groups excluding carboxylic acids is 2. The van der Waals surface area contributed by atoms with E-state index in [1.165, 1.54) is 6.42 Å². The number of rotatable bonds is 4. The van der Waals surface area contributed by atoms with Crippen LogP contribution in [0.4, 0.5) is 0 Å². The third-order valence-corrected chi connectivity index (χ3v) is 4.02. The van der Waals surface area contributed by atoms with E-state index >= 15 is 0 Å². The van der Waals surface area contributed by atoms with Gasteiger partial charge >= 0.3 is 5.76 Å². The fourth-order valence-corrected chi connectivity index (χ4v) is 2.79. The summed E-state index contributed by atoms with van der Waals surface area (Å²) in [6.45, 7) is 1.60. The van der Waals surface area contributed by atoms with Gasteiger partial charge in [-0.25, -0.2) is 4.79 Å². The third kappa shape index (κ3) is 3.10. The molecule has 1 aromatic carbocycles. The summed E-state index contributed by atoms with van der Waals surface area (Å²) in [7, 11) is 0. The topological polar surface area (TPSA) is 83.4 Å². The molecular weight excluding hydrogens is 284 g/mol. The lowest BCUT2D eigenvalue weighted by Crippen LogP contribution is -2.35. The zero-order chi connectivity index (χ0) is 15.5. The molecule has 0 unspecified atom stereocenters. The number of likely N-dealkylation sites (tertiary alicyclic amines) is 1. The van der Waals surface area contributed by atoms with Gasteiger partial charge in [-0.3, -0.25) is 14.6 Å². The summed E-state index contributed by atoms with van der Waals surface area (Å²) in [6.07, 6.45) is 3.67. The lowest BCUT2D eigenvalue weighted by Gasteiger charge is -2.26. The molecule has 6 heteroatoms. The Morgan fingerprint density at radius 2 is 1.91 bits per heavy atom. The number of hydrogen-bond acceptors (Lipinski definition) is 4. The number of nitrogens with zero attached hydrogens (tertiary/aromatic N) is 1. The highest BCUT2D eigenvalue weighted by Crippen LogP contribution is 2.16. The van der Waals surface area contributed by atoms with Crippen LogP contribution >= 0.6 is 0 Å². The first-order valence-corrected chi connectivity index (χ1v) is 7.57. The number of H-pyrrole nitrogens is 1. The molecule has 2 heterocycles. The van der Waals surface area contributed by atoms with Crippen molar-refractivity contribution in [2.45, 2.75) is 32.1 Å². The van der Waals surface area contributed by atoms with Gasteiger partial charge in [-0.1, -0.05) is 0 Å². The summed E-state index contributed by atoms with van der Waals surface area (Å²) >= 11 is 0. The quantitative estimate of drug-likeness (QED) is 0.877. The number of nitrogens with one attached hydrogen (secondary N) is 1. The van der Waals surface area contributed by atoms with Crippen molar-refractivity contribution in [3.8, 4) is 0 Å². The number of benzene rings is 1. The number of ketones is 1. The number of Topliss-reactive ketones (excluding diaryl/α,β-unsaturated/α-hetero) is 1. The van der Waals surface area contributed by atoms with Crippen molar-refractivity contribution in [3.63, 3.8) is 0 Å². The van der Waals surface area contributed by atoms with Crippen molar-refractivity contribution in [3.05, 3.63) is 34.3 Å². The van der Waals surface area contributed by atoms with Crippen LogP contribution in [0.1, 0.15) is 42.5 Å². The number of amides is 1. The molecule has 2 aromatic rings. The molecule has 6 nitrogen and oxygen atoms in total. The summed E-state index contributed by atoms with van der Waals surface area (Å²) in [6, 6.07) is 4.82. The molecule has 0 atom stereocenters. The molecule has 0 saturated carbocycles. The average Bonchev–Trinajstić information content (AvgIpc) is 2.92. The van der Waals surface area contributed by atoms with Crippen LogP contribution in [0.2, 0.25) is 0 Å². The van der Waals surface area contributed by atoms with Gasteiger partial charge in [0.05, 0.1) is 5.52 Å². The molecule has 1 aromatic heterocycles. The minimum Gasteiger partial charge on any atom is -0.408 e. The van der Waals surface area contributed by atoms with E-state index in [-0.39, 0.29) is 24.5 Å². The number of fused-ring (bicyclic) bond motifs is 1. The molecule has 1 aliphatic rings. The van der Waals surface area contributed by atoms with E-state index in [4.69, 9.17) is 4.42 Å². The number of carbonyl (C=O) groups is 2. The second-order valence-corrected chi connectivity index (χ2v) is 5.59. The van der Waals surface area contributed by atoms with Crippen molar-refractivity contribution in [2.24, 2.45) is 0 Å². The van der Waals surface area contributed by atoms with Gasteiger partial charge in [0, 0.05) is 31.5 Å². The van der Waals surface area contributed by atoms with Crippen LogP contribution in [0.15, 0.2) is 27.4 Å². The van der Waals surface area contributed by atoms with Crippen LogP contribution in [-0.4, -0.2) is 34.7 Å². The SMILES string of the molecule is O=C(CCC(=O)N1CCCCC1)c1ccc2[nH]c(=O)oc2c1. The lowest BCUT2D eigenvalue weighted by molar-refractivity contribution is -0.132. The van der Waals surface area contributed by atoms with E-state index in [1.807, 2.05) is 4.90 Å². The third-order valence-electron chi connectivity index (χ3n) is 4.02. The Balaban J connectivity index is 1.62. The maximum absolute atomic E-state index is 12.2. The number of aromatic nitrogens is 1. The molecule has 0 spiro atoms. The van der Waals surface area contributed by atoms with Crippen LogP contribution in [0, 0.1) is 0 Å². The Hall–Kier alpha value is -2.37. The molecular formula is C16H18N2O4. The summed E-state index contributed by atoms with van der Waals surface area (Å²) in [5.74, 6) is -0.613. The predicted molar refractivity (Wildman–Crippen MR) is 80.8 cm³/mol. The van der Waals surface area contributed by atoms with E-state index in [1.54, 1.807) is 18.2 Å². The van der Waals surface area contributed by atoms with Gasteiger partial charge in [0.25, 0.3) is 0 Å². The molecule has 1 amide bonds. The second-order valence-electron chi connectivity index (χ2n) is 5.59. The highest BCUT2D eigenvalue weighted by Gasteiger charge is 2.18. The Bertz CT molecular complexity index is 753.